The first-order valence-electron chi connectivity index (χ1n) is 10.6. The van der Waals surface area contributed by atoms with Crippen molar-refractivity contribution < 1.29 is 23.8 Å². The quantitative estimate of drug-likeness (QED) is 0.287. The zero-order chi connectivity index (χ0) is 24.8. The van der Waals surface area contributed by atoms with Crippen molar-refractivity contribution in [3.05, 3.63) is 92.8 Å². The molecule has 1 aliphatic heterocycles. The van der Waals surface area contributed by atoms with Gasteiger partial charge in [0, 0.05) is 15.6 Å². The van der Waals surface area contributed by atoms with Gasteiger partial charge in [-0.3, -0.25) is 14.5 Å². The first-order valence-corrected chi connectivity index (χ1v) is 12.2. The van der Waals surface area contributed by atoms with Gasteiger partial charge >= 0.3 is 0 Å². The first kappa shape index (κ1) is 25.0. The maximum absolute atomic E-state index is 12.8. The normalized spacial score (nSPS) is 14.5. The van der Waals surface area contributed by atoms with E-state index in [4.69, 9.17) is 37.4 Å². The highest BCUT2D eigenvalue weighted by atomic mass is 35.5. The second-order valence-electron chi connectivity index (χ2n) is 7.43. The molecule has 3 aromatic rings. The molecular weight excluding hydrogens is 509 g/mol. The minimum absolute atomic E-state index is 0.139. The predicted octanol–water partition coefficient (Wildman–Crippen LogP) is 6.70. The number of halogens is 2. The van der Waals surface area contributed by atoms with Crippen LogP contribution in [0.1, 0.15) is 11.1 Å². The third-order valence-corrected chi connectivity index (χ3v) is 6.60. The molecule has 1 fully saturated rings. The van der Waals surface area contributed by atoms with Crippen LogP contribution < -0.4 is 14.2 Å². The van der Waals surface area contributed by atoms with Crippen LogP contribution in [-0.4, -0.2) is 36.3 Å². The highest BCUT2D eigenvalue weighted by molar-refractivity contribution is 8.18. The molecule has 0 spiro atoms. The van der Waals surface area contributed by atoms with E-state index in [0.717, 1.165) is 22.9 Å². The molecule has 35 heavy (non-hydrogen) atoms. The SMILES string of the molecule is COc1ccccc1OCCN1C(=O)S/C(=C\c2ccc(OCc3ccc(Cl)cc3Cl)cc2)C1=O. The van der Waals surface area contributed by atoms with Crippen molar-refractivity contribution >= 4 is 52.2 Å². The average Bonchev–Trinajstić information content (AvgIpc) is 3.12. The standard InChI is InChI=1S/C26H21Cl2NO5S/c1-32-22-4-2-3-5-23(22)33-13-12-29-25(30)24(35-26(29)31)14-17-6-10-20(11-7-17)34-16-18-8-9-19(27)15-21(18)28/h2-11,14-15H,12-13,16H2,1H3/b24-14-. The van der Waals surface area contributed by atoms with Crippen molar-refractivity contribution in [3.8, 4) is 17.2 Å². The molecule has 9 heteroatoms. The molecule has 3 aromatic carbocycles. The topological polar surface area (TPSA) is 65.1 Å². The molecule has 0 unspecified atom stereocenters. The Labute approximate surface area is 217 Å². The third kappa shape index (κ3) is 6.31. The predicted molar refractivity (Wildman–Crippen MR) is 138 cm³/mol. The van der Waals surface area contributed by atoms with Crippen LogP contribution in [0.15, 0.2) is 71.6 Å². The van der Waals surface area contributed by atoms with E-state index in [1.54, 1.807) is 49.6 Å². The third-order valence-electron chi connectivity index (χ3n) is 5.10. The summed E-state index contributed by atoms with van der Waals surface area (Å²) in [6, 6.07) is 19.7. The fourth-order valence-corrected chi connectivity index (χ4v) is 4.62. The Morgan fingerprint density at radius 2 is 1.69 bits per heavy atom. The summed E-state index contributed by atoms with van der Waals surface area (Å²) in [6.45, 7) is 0.598. The van der Waals surface area contributed by atoms with E-state index in [0.29, 0.717) is 38.8 Å². The van der Waals surface area contributed by atoms with Gasteiger partial charge in [-0.15, -0.1) is 0 Å². The summed E-state index contributed by atoms with van der Waals surface area (Å²) < 4.78 is 16.7. The summed E-state index contributed by atoms with van der Waals surface area (Å²) in [7, 11) is 1.55. The summed E-state index contributed by atoms with van der Waals surface area (Å²) in [6.07, 6.45) is 1.69. The number of hydrogen-bond acceptors (Lipinski definition) is 6. The molecule has 0 bridgehead atoms. The lowest BCUT2D eigenvalue weighted by atomic mass is 10.2. The number of para-hydroxylation sites is 2. The van der Waals surface area contributed by atoms with Gasteiger partial charge in [-0.1, -0.05) is 53.5 Å². The van der Waals surface area contributed by atoms with Crippen molar-refractivity contribution in [3.63, 3.8) is 0 Å². The second kappa shape index (κ2) is 11.5. The number of hydrogen-bond donors (Lipinski definition) is 0. The van der Waals surface area contributed by atoms with E-state index >= 15 is 0 Å². The van der Waals surface area contributed by atoms with Crippen LogP contribution in [0.3, 0.4) is 0 Å². The van der Waals surface area contributed by atoms with Gasteiger partial charge in [0.25, 0.3) is 11.1 Å². The van der Waals surface area contributed by atoms with Crippen molar-refractivity contribution in [2.75, 3.05) is 20.3 Å². The number of benzene rings is 3. The molecule has 1 aliphatic rings. The Balaban J connectivity index is 1.33. The van der Waals surface area contributed by atoms with Crippen LogP contribution in [0.5, 0.6) is 17.2 Å². The highest BCUT2D eigenvalue weighted by Crippen LogP contribution is 2.33. The monoisotopic (exact) mass is 529 g/mol. The summed E-state index contributed by atoms with van der Waals surface area (Å²) in [5.74, 6) is 1.44. The van der Waals surface area contributed by atoms with Crippen LogP contribution in [0, 0.1) is 0 Å². The van der Waals surface area contributed by atoms with Gasteiger partial charge < -0.3 is 14.2 Å². The van der Waals surface area contributed by atoms with Crippen LogP contribution in [-0.2, 0) is 11.4 Å². The zero-order valence-corrected chi connectivity index (χ0v) is 21.0. The summed E-state index contributed by atoms with van der Waals surface area (Å²) in [4.78, 5) is 26.7. The van der Waals surface area contributed by atoms with E-state index in [9.17, 15) is 9.59 Å². The number of carbonyl (C=O) groups is 2. The smallest absolute Gasteiger partial charge is 0.293 e. The van der Waals surface area contributed by atoms with Crippen LogP contribution >= 0.6 is 35.0 Å². The fraction of sp³-hybridized carbons (Fsp3) is 0.154. The number of thioether (sulfide) groups is 1. The zero-order valence-electron chi connectivity index (χ0n) is 18.7. The summed E-state index contributed by atoms with van der Waals surface area (Å²) in [5, 5.41) is 0.777. The molecule has 0 atom stereocenters. The molecule has 1 saturated heterocycles. The Kier molecular flexibility index (Phi) is 8.23. The van der Waals surface area contributed by atoms with Crippen LogP contribution in [0.4, 0.5) is 4.79 Å². The lowest BCUT2D eigenvalue weighted by Gasteiger charge is -2.14. The number of rotatable bonds is 9. The number of nitrogens with zero attached hydrogens (tertiary/aromatic N) is 1. The lowest BCUT2D eigenvalue weighted by Crippen LogP contribution is -2.32. The Morgan fingerprint density at radius 1 is 0.943 bits per heavy atom. The van der Waals surface area contributed by atoms with Gasteiger partial charge in [0.15, 0.2) is 11.5 Å². The van der Waals surface area contributed by atoms with Gasteiger partial charge in [-0.05, 0) is 59.8 Å². The Morgan fingerprint density at radius 3 is 2.40 bits per heavy atom. The lowest BCUT2D eigenvalue weighted by molar-refractivity contribution is -0.123. The van der Waals surface area contributed by atoms with Crippen molar-refractivity contribution in [2.45, 2.75) is 6.61 Å². The molecule has 0 radical (unpaired) electrons. The van der Waals surface area contributed by atoms with Crippen LogP contribution in [0.25, 0.3) is 6.08 Å². The van der Waals surface area contributed by atoms with Gasteiger partial charge in [0.1, 0.15) is 19.0 Å². The highest BCUT2D eigenvalue weighted by Gasteiger charge is 2.34. The van der Waals surface area contributed by atoms with Gasteiger partial charge in [-0.2, -0.15) is 0 Å². The van der Waals surface area contributed by atoms with E-state index < -0.39 is 0 Å². The minimum Gasteiger partial charge on any atom is -0.493 e. The Hall–Kier alpha value is -3.13. The second-order valence-corrected chi connectivity index (χ2v) is 9.26. The maximum Gasteiger partial charge on any atom is 0.293 e. The molecule has 1 heterocycles. The molecule has 0 saturated carbocycles. The van der Waals surface area contributed by atoms with E-state index in [2.05, 4.69) is 0 Å². The van der Waals surface area contributed by atoms with Crippen molar-refractivity contribution in [1.29, 1.82) is 0 Å². The number of ether oxygens (including phenoxy) is 3. The van der Waals surface area contributed by atoms with Crippen molar-refractivity contribution in [2.24, 2.45) is 0 Å². The van der Waals surface area contributed by atoms with Crippen molar-refractivity contribution in [1.82, 2.24) is 4.90 Å². The first-order chi connectivity index (χ1) is 16.9. The molecule has 0 aromatic heterocycles. The van der Waals surface area contributed by atoms with E-state index in [1.165, 1.54) is 4.90 Å². The molecule has 0 N–H and O–H groups in total. The molecular formula is C26H21Cl2NO5S. The number of imide groups is 1. The molecule has 4 rings (SSSR count). The molecule has 180 valence electrons. The van der Waals surface area contributed by atoms with E-state index in [1.807, 2.05) is 30.3 Å². The van der Waals surface area contributed by atoms with E-state index in [-0.39, 0.29) is 24.3 Å². The number of amides is 2. The summed E-state index contributed by atoms with van der Waals surface area (Å²) in [5.41, 5.74) is 1.60. The number of carbonyl (C=O) groups excluding carboxylic acids is 2. The molecule has 0 aliphatic carbocycles. The van der Waals surface area contributed by atoms with Gasteiger partial charge in [0.2, 0.25) is 0 Å². The Bertz CT molecular complexity index is 1260. The van der Waals surface area contributed by atoms with Gasteiger partial charge in [0.05, 0.1) is 18.6 Å². The molecule has 6 nitrogen and oxygen atoms in total. The molecule has 2 amide bonds. The average molecular weight is 530 g/mol. The van der Waals surface area contributed by atoms with Crippen LogP contribution in [0.2, 0.25) is 10.0 Å². The minimum atomic E-state index is -0.346. The number of methoxy groups -OCH3 is 1. The summed E-state index contributed by atoms with van der Waals surface area (Å²) >= 11 is 13.0. The maximum atomic E-state index is 12.8. The fourth-order valence-electron chi connectivity index (χ4n) is 3.29. The largest absolute Gasteiger partial charge is 0.493 e. The van der Waals surface area contributed by atoms with Gasteiger partial charge in [-0.25, -0.2) is 0 Å².